The number of amides is 1. The maximum absolute atomic E-state index is 12.3. The average Bonchev–Trinajstić information content (AvgIpc) is 3.42. The highest BCUT2D eigenvalue weighted by Gasteiger charge is 2.24. The number of likely N-dealkylation sites (tertiary alicyclic amines) is 1. The van der Waals surface area contributed by atoms with Crippen LogP contribution in [0.15, 0.2) is 28.8 Å². The van der Waals surface area contributed by atoms with Crippen molar-refractivity contribution in [2.24, 2.45) is 0 Å². The summed E-state index contributed by atoms with van der Waals surface area (Å²) < 4.78 is 10.6. The molecule has 0 aliphatic carbocycles. The molecule has 4 rings (SSSR count). The minimum absolute atomic E-state index is 0.270. The van der Waals surface area contributed by atoms with Gasteiger partial charge in [-0.05, 0) is 37.1 Å². The topological polar surface area (TPSA) is 74.9 Å². The van der Waals surface area contributed by atoms with Gasteiger partial charge in [-0.2, -0.15) is 4.98 Å². The molecule has 1 aromatic carbocycles. The van der Waals surface area contributed by atoms with Gasteiger partial charge in [-0.15, -0.1) is 0 Å². The first-order valence-electron chi connectivity index (χ1n) is 9.91. The van der Waals surface area contributed by atoms with Crippen LogP contribution >= 0.6 is 0 Å². The summed E-state index contributed by atoms with van der Waals surface area (Å²) in [5.74, 6) is 2.28. The number of rotatable bonds is 6. The molecule has 8 heteroatoms. The van der Waals surface area contributed by atoms with Crippen molar-refractivity contribution in [3.05, 3.63) is 30.2 Å². The first-order valence-corrected chi connectivity index (χ1v) is 9.91. The third-order valence-electron chi connectivity index (χ3n) is 5.46. The number of aromatic nitrogens is 2. The molecule has 2 aliphatic heterocycles. The second-order valence-corrected chi connectivity index (χ2v) is 7.38. The summed E-state index contributed by atoms with van der Waals surface area (Å²) in [4.78, 5) is 23.3. The van der Waals surface area contributed by atoms with Crippen LogP contribution in [0.2, 0.25) is 0 Å². The summed E-state index contributed by atoms with van der Waals surface area (Å²) in [6, 6.07) is 7.61. The molecule has 2 fully saturated rings. The Balaban J connectivity index is 1.25. The minimum atomic E-state index is 0.270. The summed E-state index contributed by atoms with van der Waals surface area (Å²) in [6.45, 7) is 6.59. The number of methoxy groups -OCH3 is 1. The maximum Gasteiger partial charge on any atom is 0.241 e. The van der Waals surface area contributed by atoms with E-state index in [-0.39, 0.29) is 5.91 Å². The van der Waals surface area contributed by atoms with Crippen LogP contribution in [0, 0.1) is 0 Å². The van der Waals surface area contributed by atoms with E-state index in [1.54, 1.807) is 7.11 Å². The van der Waals surface area contributed by atoms with Gasteiger partial charge in [0.1, 0.15) is 5.75 Å². The molecule has 0 radical (unpaired) electrons. The molecule has 0 saturated carbocycles. The van der Waals surface area contributed by atoms with Gasteiger partial charge in [0.05, 0.1) is 20.2 Å². The van der Waals surface area contributed by atoms with E-state index in [0.29, 0.717) is 24.8 Å². The van der Waals surface area contributed by atoms with E-state index >= 15 is 0 Å². The Morgan fingerprint density at radius 2 is 1.71 bits per heavy atom. The Morgan fingerprint density at radius 1 is 1.04 bits per heavy atom. The van der Waals surface area contributed by atoms with E-state index < -0.39 is 0 Å². The monoisotopic (exact) mass is 385 g/mol. The molecule has 1 aromatic heterocycles. The van der Waals surface area contributed by atoms with Gasteiger partial charge >= 0.3 is 0 Å². The third-order valence-corrected chi connectivity index (χ3v) is 5.46. The predicted molar refractivity (Wildman–Crippen MR) is 104 cm³/mol. The first kappa shape index (κ1) is 18.9. The molecule has 2 saturated heterocycles. The predicted octanol–water partition coefficient (Wildman–Crippen LogP) is 1.49. The van der Waals surface area contributed by atoms with Crippen molar-refractivity contribution in [1.82, 2.24) is 24.8 Å². The number of nitrogens with zero attached hydrogens (tertiary/aromatic N) is 5. The first-order chi connectivity index (χ1) is 13.7. The van der Waals surface area contributed by atoms with Gasteiger partial charge < -0.3 is 14.2 Å². The third kappa shape index (κ3) is 4.51. The minimum Gasteiger partial charge on any atom is -0.497 e. The molecule has 8 nitrogen and oxygen atoms in total. The van der Waals surface area contributed by atoms with Gasteiger partial charge in [0.2, 0.25) is 17.6 Å². The molecular weight excluding hydrogens is 358 g/mol. The Hall–Kier alpha value is -2.45. The highest BCUT2D eigenvalue weighted by molar-refractivity contribution is 5.78. The largest absolute Gasteiger partial charge is 0.497 e. The molecule has 3 heterocycles. The van der Waals surface area contributed by atoms with E-state index in [0.717, 1.165) is 63.4 Å². The van der Waals surface area contributed by atoms with Crippen LogP contribution in [0.4, 0.5) is 0 Å². The maximum atomic E-state index is 12.3. The molecule has 0 bridgehead atoms. The van der Waals surface area contributed by atoms with E-state index in [4.69, 9.17) is 9.26 Å². The average molecular weight is 385 g/mol. The molecule has 1 amide bonds. The molecule has 0 unspecified atom stereocenters. The van der Waals surface area contributed by atoms with Crippen LogP contribution in [0.5, 0.6) is 5.75 Å². The second-order valence-electron chi connectivity index (χ2n) is 7.38. The zero-order valence-corrected chi connectivity index (χ0v) is 16.3. The fraction of sp³-hybridized carbons (Fsp3) is 0.550. The summed E-state index contributed by atoms with van der Waals surface area (Å²) in [7, 11) is 1.64. The molecule has 2 aliphatic rings. The Morgan fingerprint density at radius 3 is 2.39 bits per heavy atom. The number of carbonyl (C=O) groups excluding carboxylic acids is 1. The summed E-state index contributed by atoms with van der Waals surface area (Å²) in [5.41, 5.74) is 0.904. The van der Waals surface area contributed by atoms with Crippen LogP contribution in [-0.4, -0.2) is 83.7 Å². The molecule has 0 atom stereocenters. The molecule has 2 aromatic rings. The van der Waals surface area contributed by atoms with Crippen LogP contribution in [0.25, 0.3) is 11.4 Å². The zero-order valence-electron chi connectivity index (χ0n) is 16.3. The normalized spacial score (nSPS) is 18.5. The van der Waals surface area contributed by atoms with Crippen molar-refractivity contribution in [1.29, 1.82) is 0 Å². The number of carbonyl (C=O) groups is 1. The number of benzene rings is 1. The highest BCUT2D eigenvalue weighted by Crippen LogP contribution is 2.20. The number of hydrogen-bond acceptors (Lipinski definition) is 7. The Labute approximate surface area is 165 Å². The van der Waals surface area contributed by atoms with Crippen molar-refractivity contribution in [2.75, 3.05) is 52.9 Å². The van der Waals surface area contributed by atoms with Crippen molar-refractivity contribution in [3.8, 4) is 17.1 Å². The standard InChI is InChI=1S/C20H27N5O3/c1-27-17-6-4-16(5-7-17)20-21-18(28-22-20)14-23-10-12-24(13-11-23)15-19(26)25-8-2-3-9-25/h4-7H,2-3,8-15H2,1H3. The lowest BCUT2D eigenvalue weighted by molar-refractivity contribution is -0.131. The van der Waals surface area contributed by atoms with Gasteiger partial charge in [-0.25, -0.2) is 0 Å². The number of hydrogen-bond donors (Lipinski definition) is 0. The van der Waals surface area contributed by atoms with Gasteiger partial charge in [-0.1, -0.05) is 5.16 Å². The lowest BCUT2D eigenvalue weighted by atomic mass is 10.2. The summed E-state index contributed by atoms with van der Waals surface area (Å²) in [6.07, 6.45) is 2.28. The van der Waals surface area contributed by atoms with Gasteiger partial charge in [0.25, 0.3) is 0 Å². The Bertz CT molecular complexity index is 777. The van der Waals surface area contributed by atoms with Crippen molar-refractivity contribution in [3.63, 3.8) is 0 Å². The molecule has 0 N–H and O–H groups in total. The van der Waals surface area contributed by atoms with Crippen LogP contribution < -0.4 is 4.74 Å². The molecule has 0 spiro atoms. The highest BCUT2D eigenvalue weighted by atomic mass is 16.5. The van der Waals surface area contributed by atoms with Crippen molar-refractivity contribution < 1.29 is 14.1 Å². The number of piperazine rings is 1. The Kier molecular flexibility index (Phi) is 5.87. The summed E-state index contributed by atoms with van der Waals surface area (Å²) >= 11 is 0. The van der Waals surface area contributed by atoms with Crippen molar-refractivity contribution >= 4 is 5.91 Å². The lowest BCUT2D eigenvalue weighted by Gasteiger charge is -2.34. The van der Waals surface area contributed by atoms with Gasteiger partial charge in [-0.3, -0.25) is 14.6 Å². The van der Waals surface area contributed by atoms with E-state index in [1.807, 2.05) is 29.2 Å². The summed E-state index contributed by atoms with van der Waals surface area (Å²) in [5, 5.41) is 4.09. The van der Waals surface area contributed by atoms with Gasteiger partial charge in [0.15, 0.2) is 0 Å². The molecule has 150 valence electrons. The fourth-order valence-corrected chi connectivity index (χ4v) is 3.73. The number of ether oxygens (including phenoxy) is 1. The molecular formula is C20H27N5O3. The van der Waals surface area contributed by atoms with Crippen LogP contribution in [-0.2, 0) is 11.3 Å². The quantitative estimate of drug-likeness (QED) is 0.746. The van der Waals surface area contributed by atoms with Crippen LogP contribution in [0.3, 0.4) is 0 Å². The van der Waals surface area contributed by atoms with Crippen molar-refractivity contribution in [2.45, 2.75) is 19.4 Å². The lowest BCUT2D eigenvalue weighted by Crippen LogP contribution is -2.49. The SMILES string of the molecule is COc1ccc(-c2noc(CN3CCN(CC(=O)N4CCCC4)CC3)n2)cc1. The van der Waals surface area contributed by atoms with E-state index in [1.165, 1.54) is 0 Å². The second kappa shape index (κ2) is 8.70. The van der Waals surface area contributed by atoms with Crippen LogP contribution in [0.1, 0.15) is 18.7 Å². The van der Waals surface area contributed by atoms with E-state index in [2.05, 4.69) is 19.9 Å². The smallest absolute Gasteiger partial charge is 0.241 e. The zero-order chi connectivity index (χ0) is 19.3. The fourth-order valence-electron chi connectivity index (χ4n) is 3.73. The molecule has 28 heavy (non-hydrogen) atoms. The van der Waals surface area contributed by atoms with Gasteiger partial charge in [0, 0.05) is 44.8 Å². The van der Waals surface area contributed by atoms with E-state index in [9.17, 15) is 4.79 Å².